The van der Waals surface area contributed by atoms with Gasteiger partial charge in [-0.3, -0.25) is 10.1 Å². The van der Waals surface area contributed by atoms with Crippen LogP contribution in [0.5, 0.6) is 0 Å². The minimum absolute atomic E-state index is 0.00906. The Morgan fingerprint density at radius 1 is 1.43 bits per heavy atom. The molecular weight excluding hydrogens is 296 g/mol. The molecule has 0 heterocycles. The lowest BCUT2D eigenvalue weighted by atomic mass is 9.93. The summed E-state index contributed by atoms with van der Waals surface area (Å²) in [6.45, 7) is 1.17. The molecule has 0 aliphatic heterocycles. The fourth-order valence-corrected chi connectivity index (χ4v) is 4.40. The van der Waals surface area contributed by atoms with Gasteiger partial charge in [0.25, 0.3) is 5.69 Å². The Morgan fingerprint density at radius 2 is 2.10 bits per heavy atom. The number of aliphatic hydroxyl groups excluding tert-OH is 1. The third kappa shape index (κ3) is 2.92. The van der Waals surface area contributed by atoms with Crippen molar-refractivity contribution in [3.63, 3.8) is 0 Å². The van der Waals surface area contributed by atoms with Gasteiger partial charge in [0.15, 0.2) is 0 Å². The zero-order valence-corrected chi connectivity index (χ0v) is 12.5. The van der Waals surface area contributed by atoms with E-state index in [0.29, 0.717) is 0 Å². The maximum absolute atomic E-state index is 12.7. The lowest BCUT2D eigenvalue weighted by molar-refractivity contribution is -0.385. The molecule has 0 radical (unpaired) electrons. The van der Waals surface area contributed by atoms with Crippen LogP contribution in [0.15, 0.2) is 23.1 Å². The Balaban J connectivity index is 2.47. The lowest BCUT2D eigenvalue weighted by Gasteiger charge is -2.36. The first-order chi connectivity index (χ1) is 9.89. The SMILES string of the molecule is Cc1c([N+](=O)[O-])cccc1S(=O)(=O)N(CCO)C1CCC1. The molecule has 1 aliphatic rings. The van der Waals surface area contributed by atoms with Crippen molar-refractivity contribution in [3.05, 3.63) is 33.9 Å². The molecule has 1 aliphatic carbocycles. The molecule has 1 saturated carbocycles. The van der Waals surface area contributed by atoms with Crippen molar-refractivity contribution in [2.24, 2.45) is 0 Å². The summed E-state index contributed by atoms with van der Waals surface area (Å²) >= 11 is 0. The fourth-order valence-electron chi connectivity index (χ4n) is 2.48. The first-order valence-electron chi connectivity index (χ1n) is 6.76. The smallest absolute Gasteiger partial charge is 0.273 e. The minimum Gasteiger partial charge on any atom is -0.395 e. The number of hydrogen-bond acceptors (Lipinski definition) is 5. The lowest BCUT2D eigenvalue weighted by Crippen LogP contribution is -2.45. The Kier molecular flexibility index (Phi) is 4.60. The summed E-state index contributed by atoms with van der Waals surface area (Å²) in [5, 5.41) is 20.1. The molecule has 0 bridgehead atoms. The molecule has 0 aromatic heterocycles. The first kappa shape index (κ1) is 15.9. The van der Waals surface area contributed by atoms with Crippen LogP contribution in [-0.2, 0) is 10.0 Å². The average Bonchev–Trinajstić information content (AvgIpc) is 2.35. The van der Waals surface area contributed by atoms with Gasteiger partial charge in [0.05, 0.1) is 16.4 Å². The topological polar surface area (TPSA) is 101 Å². The van der Waals surface area contributed by atoms with Crippen molar-refractivity contribution >= 4 is 15.7 Å². The number of sulfonamides is 1. The zero-order chi connectivity index (χ0) is 15.6. The molecule has 1 aromatic rings. The highest BCUT2D eigenvalue weighted by Gasteiger charge is 2.36. The highest BCUT2D eigenvalue weighted by atomic mass is 32.2. The average molecular weight is 314 g/mol. The minimum atomic E-state index is -3.84. The van der Waals surface area contributed by atoms with Crippen LogP contribution in [0.4, 0.5) is 5.69 Å². The Hall–Kier alpha value is -1.51. The van der Waals surface area contributed by atoms with Gasteiger partial charge >= 0.3 is 0 Å². The van der Waals surface area contributed by atoms with Crippen molar-refractivity contribution in [1.82, 2.24) is 4.31 Å². The quantitative estimate of drug-likeness (QED) is 0.632. The number of rotatable bonds is 6. The summed E-state index contributed by atoms with van der Waals surface area (Å²) in [4.78, 5) is 10.3. The van der Waals surface area contributed by atoms with Gasteiger partial charge in [0.2, 0.25) is 10.0 Å². The standard InChI is InChI=1S/C13H18N2O5S/c1-10-12(15(17)18)6-3-7-13(10)21(19,20)14(8-9-16)11-4-2-5-11/h3,6-7,11,16H,2,4-5,8-9H2,1H3. The highest BCUT2D eigenvalue weighted by Crippen LogP contribution is 2.32. The van der Waals surface area contributed by atoms with E-state index in [4.69, 9.17) is 5.11 Å². The van der Waals surface area contributed by atoms with E-state index in [9.17, 15) is 18.5 Å². The largest absolute Gasteiger partial charge is 0.395 e. The van der Waals surface area contributed by atoms with Crippen molar-refractivity contribution in [2.75, 3.05) is 13.2 Å². The van der Waals surface area contributed by atoms with E-state index in [0.717, 1.165) is 19.3 Å². The summed E-state index contributed by atoms with van der Waals surface area (Å²) in [6, 6.07) is 3.91. The normalized spacial score (nSPS) is 16.0. The highest BCUT2D eigenvalue weighted by molar-refractivity contribution is 7.89. The van der Waals surface area contributed by atoms with Crippen LogP contribution in [0.3, 0.4) is 0 Å². The summed E-state index contributed by atoms with van der Waals surface area (Å²) in [6.07, 6.45) is 2.47. The zero-order valence-electron chi connectivity index (χ0n) is 11.7. The third-order valence-corrected chi connectivity index (χ3v) is 5.94. The summed E-state index contributed by atoms with van der Waals surface area (Å²) < 4.78 is 26.8. The maximum atomic E-state index is 12.7. The summed E-state index contributed by atoms with van der Waals surface area (Å²) in [5.74, 6) is 0. The van der Waals surface area contributed by atoms with Gasteiger partial charge in [0, 0.05) is 24.2 Å². The maximum Gasteiger partial charge on any atom is 0.273 e. The molecule has 21 heavy (non-hydrogen) atoms. The second-order valence-corrected chi connectivity index (χ2v) is 6.94. The van der Waals surface area contributed by atoms with Gasteiger partial charge < -0.3 is 5.11 Å². The van der Waals surface area contributed by atoms with E-state index in [-0.39, 0.29) is 35.3 Å². The Labute approximate surface area is 123 Å². The predicted molar refractivity (Wildman–Crippen MR) is 76.5 cm³/mol. The molecule has 0 unspecified atom stereocenters. The van der Waals surface area contributed by atoms with Gasteiger partial charge in [0.1, 0.15) is 0 Å². The van der Waals surface area contributed by atoms with Crippen molar-refractivity contribution in [3.8, 4) is 0 Å². The van der Waals surface area contributed by atoms with E-state index >= 15 is 0 Å². The van der Waals surface area contributed by atoms with Crippen LogP contribution >= 0.6 is 0 Å². The van der Waals surface area contributed by atoms with Crippen LogP contribution in [0.2, 0.25) is 0 Å². The number of benzene rings is 1. The van der Waals surface area contributed by atoms with Crippen LogP contribution in [0.1, 0.15) is 24.8 Å². The Bertz CT molecular complexity index is 640. The van der Waals surface area contributed by atoms with E-state index < -0.39 is 14.9 Å². The molecular formula is C13H18N2O5S. The van der Waals surface area contributed by atoms with Gasteiger partial charge in [-0.1, -0.05) is 12.5 Å². The van der Waals surface area contributed by atoms with Crippen LogP contribution in [0.25, 0.3) is 0 Å². The van der Waals surface area contributed by atoms with E-state index in [1.54, 1.807) is 0 Å². The van der Waals surface area contributed by atoms with E-state index in [2.05, 4.69) is 0 Å². The van der Waals surface area contributed by atoms with Crippen molar-refractivity contribution < 1.29 is 18.4 Å². The number of aliphatic hydroxyl groups is 1. The molecule has 2 rings (SSSR count). The van der Waals surface area contributed by atoms with Crippen molar-refractivity contribution in [2.45, 2.75) is 37.1 Å². The van der Waals surface area contributed by atoms with Crippen molar-refractivity contribution in [1.29, 1.82) is 0 Å². The molecule has 116 valence electrons. The van der Waals surface area contributed by atoms with Gasteiger partial charge in [-0.05, 0) is 25.8 Å². The molecule has 0 amide bonds. The van der Waals surface area contributed by atoms with Crippen LogP contribution in [0, 0.1) is 17.0 Å². The summed E-state index contributed by atoms with van der Waals surface area (Å²) in [5.41, 5.74) is -0.0848. The molecule has 7 nitrogen and oxygen atoms in total. The molecule has 0 saturated heterocycles. The number of nitrogens with zero attached hydrogens (tertiary/aromatic N) is 2. The number of hydrogen-bond donors (Lipinski definition) is 1. The second kappa shape index (κ2) is 6.08. The van der Waals surface area contributed by atoms with Crippen LogP contribution in [-0.4, -0.2) is 41.9 Å². The number of nitro benzene ring substituents is 1. The third-order valence-electron chi connectivity index (χ3n) is 3.84. The monoisotopic (exact) mass is 314 g/mol. The van der Waals surface area contributed by atoms with Crippen LogP contribution < -0.4 is 0 Å². The van der Waals surface area contributed by atoms with Gasteiger partial charge in [-0.2, -0.15) is 4.31 Å². The number of nitro groups is 1. The predicted octanol–water partition coefficient (Wildman–Crippen LogP) is 1.44. The van der Waals surface area contributed by atoms with E-state index in [1.807, 2.05) is 0 Å². The Morgan fingerprint density at radius 3 is 2.57 bits per heavy atom. The summed E-state index contributed by atoms with van der Waals surface area (Å²) in [7, 11) is -3.84. The van der Waals surface area contributed by atoms with Gasteiger partial charge in [-0.25, -0.2) is 8.42 Å². The molecule has 1 fully saturated rings. The molecule has 1 aromatic carbocycles. The molecule has 8 heteroatoms. The molecule has 0 spiro atoms. The van der Waals surface area contributed by atoms with E-state index in [1.165, 1.54) is 29.4 Å². The first-order valence-corrected chi connectivity index (χ1v) is 8.20. The molecule has 1 N–H and O–H groups in total. The second-order valence-electron chi connectivity index (χ2n) is 5.08. The molecule has 0 atom stereocenters. The fraction of sp³-hybridized carbons (Fsp3) is 0.538. The van der Waals surface area contributed by atoms with Gasteiger partial charge in [-0.15, -0.1) is 0 Å².